The van der Waals surface area contributed by atoms with Gasteiger partial charge in [0.25, 0.3) is 0 Å². The number of hydrogen-bond acceptors (Lipinski definition) is 2. The van der Waals surface area contributed by atoms with Crippen molar-refractivity contribution in [3.05, 3.63) is 28.7 Å². The summed E-state index contributed by atoms with van der Waals surface area (Å²) in [7, 11) is 0. The zero-order valence-corrected chi connectivity index (χ0v) is 12.7. The summed E-state index contributed by atoms with van der Waals surface area (Å²) in [6, 6.07) is 7.93. The van der Waals surface area contributed by atoms with Crippen molar-refractivity contribution < 1.29 is 9.47 Å². The quantitative estimate of drug-likeness (QED) is 0.750. The molecule has 0 atom stereocenters. The average Bonchev–Trinajstić information content (AvgIpc) is 2.40. The van der Waals surface area contributed by atoms with Crippen LogP contribution in [0.4, 0.5) is 0 Å². The van der Waals surface area contributed by atoms with Gasteiger partial charge in [0, 0.05) is 23.6 Å². The second kappa shape index (κ2) is 6.78. The SMILES string of the molecule is ClCC1(CCOc2cccc(Br)c2)CCOCC1. The number of hydrogen-bond donors (Lipinski definition) is 0. The maximum absolute atomic E-state index is 6.13. The third-order valence-electron chi connectivity index (χ3n) is 3.53. The van der Waals surface area contributed by atoms with E-state index in [0.717, 1.165) is 42.7 Å². The molecular weight excluding hydrogens is 316 g/mol. The van der Waals surface area contributed by atoms with E-state index in [2.05, 4.69) is 15.9 Å². The van der Waals surface area contributed by atoms with Crippen LogP contribution >= 0.6 is 27.5 Å². The number of ether oxygens (including phenoxy) is 2. The fourth-order valence-electron chi connectivity index (χ4n) is 2.20. The topological polar surface area (TPSA) is 18.5 Å². The molecule has 1 heterocycles. The van der Waals surface area contributed by atoms with Gasteiger partial charge in [0.15, 0.2) is 0 Å². The Morgan fingerprint density at radius 1 is 1.33 bits per heavy atom. The van der Waals surface area contributed by atoms with Crippen LogP contribution in [0.2, 0.25) is 0 Å². The smallest absolute Gasteiger partial charge is 0.120 e. The van der Waals surface area contributed by atoms with E-state index in [1.807, 2.05) is 24.3 Å². The van der Waals surface area contributed by atoms with Crippen molar-refractivity contribution in [1.82, 2.24) is 0 Å². The number of rotatable bonds is 5. The van der Waals surface area contributed by atoms with Crippen LogP contribution in [0.1, 0.15) is 19.3 Å². The molecular formula is C14H18BrClO2. The summed E-state index contributed by atoms with van der Waals surface area (Å²) in [5, 5.41) is 0. The number of alkyl halides is 1. The largest absolute Gasteiger partial charge is 0.494 e. The van der Waals surface area contributed by atoms with Crippen molar-refractivity contribution in [2.45, 2.75) is 19.3 Å². The van der Waals surface area contributed by atoms with Crippen LogP contribution in [0.15, 0.2) is 28.7 Å². The van der Waals surface area contributed by atoms with Crippen molar-refractivity contribution in [3.63, 3.8) is 0 Å². The molecule has 0 bridgehead atoms. The van der Waals surface area contributed by atoms with E-state index in [-0.39, 0.29) is 5.41 Å². The lowest BCUT2D eigenvalue weighted by Gasteiger charge is -2.35. The van der Waals surface area contributed by atoms with E-state index < -0.39 is 0 Å². The van der Waals surface area contributed by atoms with Gasteiger partial charge in [0.05, 0.1) is 6.61 Å². The van der Waals surface area contributed by atoms with Gasteiger partial charge in [-0.15, -0.1) is 11.6 Å². The second-order valence-corrected chi connectivity index (χ2v) is 5.98. The molecule has 1 aliphatic heterocycles. The average molecular weight is 334 g/mol. The molecule has 0 spiro atoms. The second-order valence-electron chi connectivity index (χ2n) is 4.80. The molecule has 0 radical (unpaired) electrons. The molecule has 0 N–H and O–H groups in total. The normalized spacial score (nSPS) is 18.6. The monoisotopic (exact) mass is 332 g/mol. The first kappa shape index (κ1) is 14.2. The third-order valence-corrected chi connectivity index (χ3v) is 4.59. The lowest BCUT2D eigenvalue weighted by Crippen LogP contribution is -2.32. The Bertz CT molecular complexity index is 378. The summed E-state index contributed by atoms with van der Waals surface area (Å²) in [6.07, 6.45) is 3.07. The van der Waals surface area contributed by atoms with E-state index in [1.54, 1.807) is 0 Å². The first-order chi connectivity index (χ1) is 8.74. The lowest BCUT2D eigenvalue weighted by molar-refractivity contribution is 0.0155. The molecule has 1 saturated heterocycles. The van der Waals surface area contributed by atoms with Crippen molar-refractivity contribution in [2.75, 3.05) is 25.7 Å². The highest BCUT2D eigenvalue weighted by Gasteiger charge is 2.31. The molecule has 0 aliphatic carbocycles. The van der Waals surface area contributed by atoms with Gasteiger partial charge in [-0.05, 0) is 42.9 Å². The molecule has 0 aromatic heterocycles. The van der Waals surface area contributed by atoms with Crippen LogP contribution in [-0.4, -0.2) is 25.7 Å². The zero-order chi connectivity index (χ0) is 12.8. The molecule has 0 unspecified atom stereocenters. The highest BCUT2D eigenvalue weighted by molar-refractivity contribution is 9.10. The molecule has 1 fully saturated rings. The lowest BCUT2D eigenvalue weighted by atomic mass is 9.79. The summed E-state index contributed by atoms with van der Waals surface area (Å²) >= 11 is 9.56. The Morgan fingerprint density at radius 2 is 2.11 bits per heavy atom. The minimum absolute atomic E-state index is 0.200. The van der Waals surface area contributed by atoms with Crippen LogP contribution in [0.3, 0.4) is 0 Å². The molecule has 1 aliphatic rings. The predicted molar refractivity (Wildman–Crippen MR) is 77.5 cm³/mol. The van der Waals surface area contributed by atoms with Crippen molar-refractivity contribution >= 4 is 27.5 Å². The van der Waals surface area contributed by atoms with Crippen molar-refractivity contribution in [1.29, 1.82) is 0 Å². The van der Waals surface area contributed by atoms with E-state index >= 15 is 0 Å². The van der Waals surface area contributed by atoms with Crippen molar-refractivity contribution in [3.8, 4) is 5.75 Å². The van der Waals surface area contributed by atoms with Crippen LogP contribution in [0.25, 0.3) is 0 Å². The molecule has 0 amide bonds. The van der Waals surface area contributed by atoms with Crippen LogP contribution in [-0.2, 0) is 4.74 Å². The van der Waals surface area contributed by atoms with Gasteiger partial charge in [-0.3, -0.25) is 0 Å². The van der Waals surface area contributed by atoms with Gasteiger partial charge in [0.1, 0.15) is 5.75 Å². The third kappa shape index (κ3) is 3.87. The van der Waals surface area contributed by atoms with Gasteiger partial charge < -0.3 is 9.47 Å². The molecule has 100 valence electrons. The zero-order valence-electron chi connectivity index (χ0n) is 10.3. The van der Waals surface area contributed by atoms with Gasteiger partial charge in [-0.25, -0.2) is 0 Å². The molecule has 1 aromatic carbocycles. The van der Waals surface area contributed by atoms with Gasteiger partial charge in [-0.2, -0.15) is 0 Å². The molecule has 0 saturated carbocycles. The summed E-state index contributed by atoms with van der Waals surface area (Å²) in [5.41, 5.74) is 0.200. The molecule has 4 heteroatoms. The maximum atomic E-state index is 6.13. The van der Waals surface area contributed by atoms with Crippen LogP contribution in [0, 0.1) is 5.41 Å². The Morgan fingerprint density at radius 3 is 2.78 bits per heavy atom. The molecule has 1 aromatic rings. The molecule has 2 rings (SSSR count). The fourth-order valence-corrected chi connectivity index (χ4v) is 2.98. The first-order valence-electron chi connectivity index (χ1n) is 6.26. The number of halogens is 2. The fraction of sp³-hybridized carbons (Fsp3) is 0.571. The maximum Gasteiger partial charge on any atom is 0.120 e. The van der Waals surface area contributed by atoms with E-state index in [1.165, 1.54) is 0 Å². The van der Waals surface area contributed by atoms with Gasteiger partial charge in [-0.1, -0.05) is 22.0 Å². The summed E-state index contributed by atoms with van der Waals surface area (Å²) in [5.74, 6) is 1.60. The first-order valence-corrected chi connectivity index (χ1v) is 7.59. The van der Waals surface area contributed by atoms with Gasteiger partial charge >= 0.3 is 0 Å². The number of benzene rings is 1. The Hall–Kier alpha value is -0.250. The van der Waals surface area contributed by atoms with Crippen LogP contribution < -0.4 is 4.74 Å². The van der Waals surface area contributed by atoms with E-state index in [4.69, 9.17) is 21.1 Å². The highest BCUT2D eigenvalue weighted by Crippen LogP contribution is 2.35. The van der Waals surface area contributed by atoms with Crippen molar-refractivity contribution in [2.24, 2.45) is 5.41 Å². The minimum atomic E-state index is 0.200. The predicted octanol–water partition coefficient (Wildman–Crippen LogP) is 4.25. The summed E-state index contributed by atoms with van der Waals surface area (Å²) < 4.78 is 12.2. The van der Waals surface area contributed by atoms with E-state index in [9.17, 15) is 0 Å². The Labute approximate surface area is 122 Å². The van der Waals surface area contributed by atoms with Gasteiger partial charge in [0.2, 0.25) is 0 Å². The minimum Gasteiger partial charge on any atom is -0.494 e. The summed E-state index contributed by atoms with van der Waals surface area (Å²) in [4.78, 5) is 0. The van der Waals surface area contributed by atoms with Crippen LogP contribution in [0.5, 0.6) is 5.75 Å². The summed E-state index contributed by atoms with van der Waals surface area (Å²) in [6.45, 7) is 2.36. The van der Waals surface area contributed by atoms with E-state index in [0.29, 0.717) is 12.5 Å². The standard InChI is InChI=1S/C14H18BrClO2/c15-12-2-1-3-13(10-12)18-9-6-14(11-16)4-7-17-8-5-14/h1-3,10H,4-9,11H2. The molecule has 2 nitrogen and oxygen atoms in total. The highest BCUT2D eigenvalue weighted by atomic mass is 79.9. The molecule has 18 heavy (non-hydrogen) atoms. The Kier molecular flexibility index (Phi) is 5.34. The Balaban J connectivity index is 1.83.